The van der Waals surface area contributed by atoms with Gasteiger partial charge in [-0.05, 0) is 60.9 Å². The Morgan fingerprint density at radius 1 is 1.05 bits per heavy atom. The van der Waals surface area contributed by atoms with E-state index in [2.05, 4.69) is 10.1 Å². The molecule has 0 radical (unpaired) electrons. The van der Waals surface area contributed by atoms with Crippen LogP contribution in [-0.4, -0.2) is 27.1 Å². The van der Waals surface area contributed by atoms with Gasteiger partial charge in [-0.3, -0.25) is 9.67 Å². The van der Waals surface area contributed by atoms with Crippen molar-refractivity contribution in [2.24, 2.45) is 12.0 Å². The number of aliphatic imine (C=N–C) groups is 1. The van der Waals surface area contributed by atoms with E-state index in [-0.39, 0.29) is 23.6 Å². The molecule has 0 saturated heterocycles. The molecule has 5 nitrogen and oxygen atoms in total. The summed E-state index contributed by atoms with van der Waals surface area (Å²) < 4.78 is 46.9. The van der Waals surface area contributed by atoms with Crippen LogP contribution in [0.15, 0.2) is 71.7 Å². The maximum Gasteiger partial charge on any atom is 0.433 e. The topological polar surface area (TPSA) is 59.6 Å². The van der Waals surface area contributed by atoms with E-state index in [0.717, 1.165) is 27.6 Å². The van der Waals surface area contributed by atoms with Crippen LogP contribution in [0.25, 0.3) is 22.4 Å². The summed E-state index contributed by atoms with van der Waals surface area (Å²) in [5, 5.41) is 15.9. The fourth-order valence-corrected chi connectivity index (χ4v) is 4.12. The van der Waals surface area contributed by atoms with Crippen LogP contribution < -0.4 is 4.74 Å². The lowest BCUT2D eigenvalue weighted by Crippen LogP contribution is -2.11. The van der Waals surface area contributed by atoms with Crippen LogP contribution in [0.5, 0.6) is 11.5 Å². The van der Waals surface area contributed by atoms with Crippen LogP contribution in [-0.2, 0) is 19.8 Å². The minimum Gasteiger partial charge on any atom is -0.506 e. The zero-order valence-electron chi connectivity index (χ0n) is 20.5. The van der Waals surface area contributed by atoms with Crippen molar-refractivity contribution in [1.82, 2.24) is 9.78 Å². The SMILES string of the molecule is CCN=C(C)c1ccc(-c2c(OCc3ccc(Cl)cc3)ccc(-c3cc(C(F)(F)F)n(C)n3)c2O)cc1. The van der Waals surface area contributed by atoms with E-state index in [1.807, 2.05) is 50.2 Å². The highest BCUT2D eigenvalue weighted by molar-refractivity contribution is 6.30. The molecule has 3 aromatic carbocycles. The highest BCUT2D eigenvalue weighted by Gasteiger charge is 2.35. The Bertz CT molecular complexity index is 1430. The normalized spacial score (nSPS) is 12.1. The number of ether oxygens (including phenoxy) is 1. The van der Waals surface area contributed by atoms with Gasteiger partial charge in [0.25, 0.3) is 0 Å². The Morgan fingerprint density at radius 2 is 1.73 bits per heavy atom. The second-order valence-electron chi connectivity index (χ2n) is 8.42. The van der Waals surface area contributed by atoms with E-state index in [0.29, 0.717) is 28.4 Å². The van der Waals surface area contributed by atoms with E-state index < -0.39 is 11.9 Å². The van der Waals surface area contributed by atoms with E-state index >= 15 is 0 Å². The average molecular weight is 528 g/mol. The summed E-state index contributed by atoms with van der Waals surface area (Å²) >= 11 is 5.97. The van der Waals surface area contributed by atoms with Crippen molar-refractivity contribution in [3.8, 4) is 33.9 Å². The summed E-state index contributed by atoms with van der Waals surface area (Å²) in [6.07, 6.45) is -4.58. The maximum absolute atomic E-state index is 13.4. The van der Waals surface area contributed by atoms with E-state index in [1.54, 1.807) is 18.2 Å². The van der Waals surface area contributed by atoms with Crippen molar-refractivity contribution in [2.75, 3.05) is 6.54 Å². The predicted octanol–water partition coefficient (Wildman–Crippen LogP) is 7.54. The number of aromatic hydroxyl groups is 1. The first-order valence-electron chi connectivity index (χ1n) is 11.5. The molecule has 0 saturated carbocycles. The lowest BCUT2D eigenvalue weighted by Gasteiger charge is -2.16. The Labute approximate surface area is 217 Å². The number of hydrogen-bond donors (Lipinski definition) is 1. The zero-order valence-corrected chi connectivity index (χ0v) is 21.2. The Hall–Kier alpha value is -3.78. The number of rotatable bonds is 7. The van der Waals surface area contributed by atoms with Gasteiger partial charge in [-0.1, -0.05) is 48.0 Å². The van der Waals surface area contributed by atoms with Crippen molar-refractivity contribution >= 4 is 17.3 Å². The van der Waals surface area contributed by atoms with Gasteiger partial charge in [0.2, 0.25) is 0 Å². The summed E-state index contributed by atoms with van der Waals surface area (Å²) in [7, 11) is 1.22. The summed E-state index contributed by atoms with van der Waals surface area (Å²) in [6.45, 7) is 4.72. The first-order chi connectivity index (χ1) is 17.6. The maximum atomic E-state index is 13.4. The standard InChI is InChI=1S/C28H25ClF3N3O2/c1-4-33-17(2)19-7-9-20(10-8-19)26-24(37-16-18-5-11-21(29)12-6-18)14-13-22(27(26)36)23-15-25(28(30,31)32)35(3)34-23/h5-15,36H,4,16H2,1-3H3. The average Bonchev–Trinajstić information content (AvgIpc) is 3.26. The van der Waals surface area contributed by atoms with Crippen LogP contribution in [0.3, 0.4) is 0 Å². The molecule has 1 heterocycles. The van der Waals surface area contributed by atoms with Crippen molar-refractivity contribution in [1.29, 1.82) is 0 Å². The van der Waals surface area contributed by atoms with Gasteiger partial charge in [-0.25, -0.2) is 0 Å². The summed E-state index contributed by atoms with van der Waals surface area (Å²) in [4.78, 5) is 4.42. The van der Waals surface area contributed by atoms with Crippen molar-refractivity contribution < 1.29 is 23.0 Å². The molecular formula is C28H25ClF3N3O2. The zero-order chi connectivity index (χ0) is 26.7. The van der Waals surface area contributed by atoms with Gasteiger partial charge in [-0.15, -0.1) is 0 Å². The van der Waals surface area contributed by atoms with Gasteiger partial charge >= 0.3 is 6.18 Å². The molecule has 9 heteroatoms. The molecule has 0 aliphatic rings. The molecule has 0 spiro atoms. The number of halogens is 4. The first-order valence-corrected chi connectivity index (χ1v) is 11.9. The Balaban J connectivity index is 1.79. The van der Waals surface area contributed by atoms with Gasteiger partial charge in [0.05, 0.1) is 11.3 Å². The molecule has 192 valence electrons. The number of benzene rings is 3. The molecule has 0 bridgehead atoms. The fourth-order valence-electron chi connectivity index (χ4n) is 3.99. The first kappa shape index (κ1) is 26.3. The van der Waals surface area contributed by atoms with Gasteiger partial charge in [0.1, 0.15) is 23.8 Å². The van der Waals surface area contributed by atoms with Crippen LogP contribution in [0, 0.1) is 0 Å². The summed E-state index contributed by atoms with van der Waals surface area (Å²) in [5.74, 6) is 0.141. The molecule has 0 aliphatic heterocycles. The highest BCUT2D eigenvalue weighted by Crippen LogP contribution is 2.45. The monoisotopic (exact) mass is 527 g/mol. The van der Waals surface area contributed by atoms with Crippen molar-refractivity contribution in [3.05, 3.63) is 88.6 Å². The van der Waals surface area contributed by atoms with Crippen LogP contribution in [0.2, 0.25) is 5.02 Å². The smallest absolute Gasteiger partial charge is 0.433 e. The van der Waals surface area contributed by atoms with E-state index in [1.165, 1.54) is 13.1 Å². The minimum absolute atomic E-state index is 0.000343. The number of aryl methyl sites for hydroxylation is 1. The van der Waals surface area contributed by atoms with Crippen molar-refractivity contribution in [3.63, 3.8) is 0 Å². The number of aromatic nitrogens is 2. The van der Waals surface area contributed by atoms with Gasteiger partial charge in [0.15, 0.2) is 0 Å². The molecule has 0 unspecified atom stereocenters. The Kier molecular flexibility index (Phi) is 7.59. The third-order valence-corrected chi connectivity index (χ3v) is 6.13. The molecule has 0 fully saturated rings. The van der Waals surface area contributed by atoms with Crippen molar-refractivity contribution in [2.45, 2.75) is 26.6 Å². The minimum atomic E-state index is -4.58. The molecule has 0 atom stereocenters. The second-order valence-corrected chi connectivity index (χ2v) is 8.86. The van der Waals surface area contributed by atoms with E-state index in [9.17, 15) is 18.3 Å². The summed E-state index contributed by atoms with van der Waals surface area (Å²) in [6, 6.07) is 18.6. The molecule has 0 amide bonds. The number of alkyl halides is 3. The fraction of sp³-hybridized carbons (Fsp3) is 0.214. The van der Waals surface area contributed by atoms with E-state index in [4.69, 9.17) is 16.3 Å². The number of hydrogen-bond acceptors (Lipinski definition) is 4. The van der Waals surface area contributed by atoms with Crippen LogP contribution >= 0.6 is 11.6 Å². The lowest BCUT2D eigenvalue weighted by atomic mass is 9.97. The largest absolute Gasteiger partial charge is 0.506 e. The third kappa shape index (κ3) is 5.80. The van der Waals surface area contributed by atoms with Gasteiger partial charge in [-0.2, -0.15) is 18.3 Å². The van der Waals surface area contributed by atoms with Crippen LogP contribution in [0.4, 0.5) is 13.2 Å². The molecular weight excluding hydrogens is 503 g/mol. The number of nitrogens with zero attached hydrogens (tertiary/aromatic N) is 3. The highest BCUT2D eigenvalue weighted by atomic mass is 35.5. The third-order valence-electron chi connectivity index (χ3n) is 5.88. The molecule has 1 N–H and O–H groups in total. The number of phenols is 1. The quantitative estimate of drug-likeness (QED) is 0.253. The molecule has 37 heavy (non-hydrogen) atoms. The number of phenolic OH excluding ortho intramolecular Hbond substituents is 1. The van der Waals surface area contributed by atoms with Gasteiger partial charge in [0, 0.05) is 29.9 Å². The second kappa shape index (κ2) is 10.7. The predicted molar refractivity (Wildman–Crippen MR) is 139 cm³/mol. The Morgan fingerprint density at radius 3 is 2.32 bits per heavy atom. The molecule has 4 aromatic rings. The lowest BCUT2D eigenvalue weighted by molar-refractivity contribution is -0.143. The van der Waals surface area contributed by atoms with Crippen LogP contribution in [0.1, 0.15) is 30.7 Å². The molecule has 1 aromatic heterocycles. The molecule has 0 aliphatic carbocycles. The van der Waals surface area contributed by atoms with Gasteiger partial charge < -0.3 is 9.84 Å². The molecule has 4 rings (SSSR count). The summed E-state index contributed by atoms with van der Waals surface area (Å²) in [5.41, 5.74) is 2.88.